The van der Waals surface area contributed by atoms with E-state index in [0.29, 0.717) is 34.7 Å². The number of aliphatic carboxylic acids is 2. The number of carbonyl (C=O) groups is 3. The number of para-hydroxylation sites is 1. The maximum atomic E-state index is 12.5. The SMILES string of the molecule is O=C(O)Cc1c(-c2ccccc2)c(-c2ccccc2)nn1-c1ccccc1.O=C(O)Cc1ccc2c(c1)C(=O)c1ccccc1CO2. The predicted molar refractivity (Wildman–Crippen MR) is 178 cm³/mol. The van der Waals surface area contributed by atoms with Gasteiger partial charge in [-0.2, -0.15) is 5.10 Å². The van der Waals surface area contributed by atoms with Crippen molar-refractivity contribution in [2.45, 2.75) is 19.4 Å². The molecule has 2 heterocycles. The molecule has 0 fully saturated rings. The Bertz CT molecular complexity index is 2050. The summed E-state index contributed by atoms with van der Waals surface area (Å²) in [4.78, 5) is 34.9. The highest BCUT2D eigenvalue weighted by molar-refractivity contribution is 6.12. The molecule has 0 amide bonds. The first-order chi connectivity index (χ1) is 22.9. The number of ketones is 1. The van der Waals surface area contributed by atoms with Gasteiger partial charge in [0, 0.05) is 22.3 Å². The van der Waals surface area contributed by atoms with Crippen molar-refractivity contribution >= 4 is 17.7 Å². The molecule has 0 bridgehead atoms. The number of nitrogens with zero attached hydrogens (tertiary/aromatic N) is 2. The van der Waals surface area contributed by atoms with Gasteiger partial charge in [0.05, 0.1) is 29.8 Å². The van der Waals surface area contributed by atoms with Gasteiger partial charge in [-0.25, -0.2) is 4.68 Å². The van der Waals surface area contributed by atoms with E-state index >= 15 is 0 Å². The van der Waals surface area contributed by atoms with Crippen LogP contribution in [0, 0.1) is 0 Å². The smallest absolute Gasteiger partial charge is 0.309 e. The fraction of sp³-hybridized carbons (Fsp3) is 0.0769. The Kier molecular flexibility index (Phi) is 9.02. The van der Waals surface area contributed by atoms with Gasteiger partial charge in [-0.1, -0.05) is 109 Å². The van der Waals surface area contributed by atoms with E-state index in [-0.39, 0.29) is 18.6 Å². The van der Waals surface area contributed by atoms with Crippen LogP contribution in [0.2, 0.25) is 0 Å². The highest BCUT2D eigenvalue weighted by Crippen LogP contribution is 2.36. The lowest BCUT2D eigenvalue weighted by Gasteiger charge is -2.08. The molecule has 0 radical (unpaired) electrons. The van der Waals surface area contributed by atoms with Crippen molar-refractivity contribution in [3.8, 4) is 33.8 Å². The lowest BCUT2D eigenvalue weighted by atomic mass is 9.97. The highest BCUT2D eigenvalue weighted by atomic mass is 16.5. The van der Waals surface area contributed by atoms with Crippen molar-refractivity contribution in [3.63, 3.8) is 0 Å². The van der Waals surface area contributed by atoms with Crippen molar-refractivity contribution < 1.29 is 29.3 Å². The van der Waals surface area contributed by atoms with E-state index in [1.807, 2.05) is 109 Å². The second kappa shape index (κ2) is 13.8. The third-order valence-electron chi connectivity index (χ3n) is 7.70. The molecule has 0 atom stereocenters. The summed E-state index contributed by atoms with van der Waals surface area (Å²) in [6, 6.07) is 41.6. The van der Waals surface area contributed by atoms with Crippen LogP contribution < -0.4 is 4.74 Å². The van der Waals surface area contributed by atoms with Gasteiger partial charge in [0.2, 0.25) is 0 Å². The number of carboxylic acids is 2. The van der Waals surface area contributed by atoms with E-state index in [4.69, 9.17) is 14.9 Å². The van der Waals surface area contributed by atoms with Crippen molar-refractivity contribution in [3.05, 3.63) is 161 Å². The second-order valence-electron chi connectivity index (χ2n) is 10.9. The van der Waals surface area contributed by atoms with Crippen LogP contribution in [-0.4, -0.2) is 37.7 Å². The van der Waals surface area contributed by atoms with E-state index in [0.717, 1.165) is 33.6 Å². The summed E-state index contributed by atoms with van der Waals surface area (Å²) < 4.78 is 7.39. The zero-order valence-electron chi connectivity index (χ0n) is 25.2. The van der Waals surface area contributed by atoms with Crippen LogP contribution in [0.15, 0.2) is 133 Å². The number of ether oxygens (including phenoxy) is 1. The van der Waals surface area contributed by atoms with E-state index in [1.54, 1.807) is 28.9 Å². The van der Waals surface area contributed by atoms with Crippen LogP contribution in [0.5, 0.6) is 5.75 Å². The number of aromatic nitrogens is 2. The summed E-state index contributed by atoms with van der Waals surface area (Å²) in [6.07, 6.45) is -0.221. The van der Waals surface area contributed by atoms with Crippen molar-refractivity contribution in [1.29, 1.82) is 0 Å². The maximum Gasteiger partial charge on any atom is 0.309 e. The minimum Gasteiger partial charge on any atom is -0.488 e. The minimum absolute atomic E-state index is 0.109. The topological polar surface area (TPSA) is 119 Å². The molecule has 0 aliphatic carbocycles. The summed E-state index contributed by atoms with van der Waals surface area (Å²) in [7, 11) is 0. The first-order valence-electron chi connectivity index (χ1n) is 15.0. The van der Waals surface area contributed by atoms with E-state index in [1.165, 1.54) is 0 Å². The molecule has 47 heavy (non-hydrogen) atoms. The lowest BCUT2D eigenvalue weighted by molar-refractivity contribution is -0.137. The van der Waals surface area contributed by atoms with Gasteiger partial charge < -0.3 is 14.9 Å². The van der Waals surface area contributed by atoms with Crippen LogP contribution in [0.1, 0.15) is 32.7 Å². The molecule has 8 nitrogen and oxygen atoms in total. The molecule has 1 aliphatic heterocycles. The van der Waals surface area contributed by atoms with Gasteiger partial charge in [-0.05, 0) is 35.4 Å². The molecule has 0 saturated carbocycles. The number of hydrogen-bond acceptors (Lipinski definition) is 5. The van der Waals surface area contributed by atoms with Gasteiger partial charge in [0.15, 0.2) is 5.78 Å². The molecule has 1 aromatic heterocycles. The standard InChI is InChI=1S/C23H18N2O2.C16H12O4/c26-21(27)16-20-22(17-10-4-1-5-11-17)23(18-12-6-2-7-13-18)24-25(20)19-14-8-3-9-15-19;17-15(18)8-10-5-6-14-13(7-10)16(19)12-4-2-1-3-11(12)9-20-14/h1-15H,16H2,(H,26,27);1-7H,8-9H2,(H,17,18). The van der Waals surface area contributed by atoms with Crippen LogP contribution in [0.25, 0.3) is 28.1 Å². The van der Waals surface area contributed by atoms with Gasteiger partial charge >= 0.3 is 11.9 Å². The fourth-order valence-electron chi connectivity index (χ4n) is 5.58. The summed E-state index contributed by atoms with van der Waals surface area (Å²) >= 11 is 0. The Morgan fingerprint density at radius 3 is 1.94 bits per heavy atom. The zero-order chi connectivity index (χ0) is 32.8. The maximum absolute atomic E-state index is 12.5. The van der Waals surface area contributed by atoms with Crippen molar-refractivity contribution in [1.82, 2.24) is 9.78 Å². The van der Waals surface area contributed by atoms with Crippen LogP contribution in [-0.2, 0) is 29.0 Å². The van der Waals surface area contributed by atoms with Gasteiger partial charge in [0.25, 0.3) is 0 Å². The Labute approximate surface area is 271 Å². The number of hydrogen-bond donors (Lipinski definition) is 2. The molecular weight excluding hydrogens is 592 g/mol. The Morgan fingerprint density at radius 1 is 0.681 bits per heavy atom. The normalized spacial score (nSPS) is 11.6. The summed E-state index contributed by atoms with van der Waals surface area (Å²) in [6.45, 7) is 0.340. The third-order valence-corrected chi connectivity index (χ3v) is 7.70. The largest absolute Gasteiger partial charge is 0.488 e. The Morgan fingerprint density at radius 2 is 1.28 bits per heavy atom. The number of benzene rings is 5. The Hall–Kier alpha value is -6.28. The molecule has 232 valence electrons. The average Bonchev–Trinajstić information content (AvgIpc) is 3.40. The molecule has 8 heteroatoms. The van der Waals surface area contributed by atoms with Gasteiger partial charge in [-0.15, -0.1) is 0 Å². The zero-order valence-corrected chi connectivity index (χ0v) is 25.2. The molecule has 0 saturated heterocycles. The highest BCUT2D eigenvalue weighted by Gasteiger charge is 2.24. The third kappa shape index (κ3) is 6.87. The molecule has 1 aliphatic rings. The minimum atomic E-state index is -0.924. The predicted octanol–water partition coefficient (Wildman–Crippen LogP) is 7.27. The molecule has 7 rings (SSSR count). The van der Waals surface area contributed by atoms with Crippen LogP contribution >= 0.6 is 0 Å². The Balaban J connectivity index is 0.000000172. The van der Waals surface area contributed by atoms with Crippen LogP contribution in [0.3, 0.4) is 0 Å². The quantitative estimate of drug-likeness (QED) is 0.192. The molecule has 2 N–H and O–H groups in total. The van der Waals surface area contributed by atoms with E-state index in [2.05, 4.69) is 0 Å². The number of carbonyl (C=O) groups excluding carboxylic acids is 1. The summed E-state index contributed by atoms with van der Waals surface area (Å²) in [5.41, 5.74) is 7.52. The summed E-state index contributed by atoms with van der Waals surface area (Å²) in [5, 5.41) is 23.2. The van der Waals surface area contributed by atoms with Crippen molar-refractivity contribution in [2.24, 2.45) is 0 Å². The van der Waals surface area contributed by atoms with Gasteiger partial charge in [-0.3, -0.25) is 14.4 Å². The molecule has 6 aromatic rings. The molecule has 0 unspecified atom stereocenters. The number of carboxylic acid groups (broad SMARTS) is 2. The van der Waals surface area contributed by atoms with Crippen molar-refractivity contribution in [2.75, 3.05) is 0 Å². The number of rotatable bonds is 7. The lowest BCUT2D eigenvalue weighted by Crippen LogP contribution is -2.08. The first kappa shape index (κ1) is 30.7. The van der Waals surface area contributed by atoms with Crippen LogP contribution in [0.4, 0.5) is 0 Å². The fourth-order valence-corrected chi connectivity index (χ4v) is 5.58. The van der Waals surface area contributed by atoms with E-state index in [9.17, 15) is 19.5 Å². The second-order valence-corrected chi connectivity index (χ2v) is 10.9. The molecule has 0 spiro atoms. The monoisotopic (exact) mass is 622 g/mol. The summed E-state index contributed by atoms with van der Waals surface area (Å²) in [5.74, 6) is -1.43. The first-order valence-corrected chi connectivity index (χ1v) is 15.0. The van der Waals surface area contributed by atoms with E-state index < -0.39 is 11.9 Å². The number of fused-ring (bicyclic) bond motifs is 2. The molecular formula is C39H30N2O6. The van der Waals surface area contributed by atoms with Gasteiger partial charge in [0.1, 0.15) is 18.1 Å². The average molecular weight is 623 g/mol. The molecule has 5 aromatic carbocycles.